The second-order valence-corrected chi connectivity index (χ2v) is 7.94. The number of hydrogen-bond acceptors (Lipinski definition) is 4. The van der Waals surface area contributed by atoms with Crippen LogP contribution in [-0.2, 0) is 9.59 Å². The van der Waals surface area contributed by atoms with Crippen LogP contribution in [0.3, 0.4) is 0 Å². The Labute approximate surface area is 203 Å². The lowest BCUT2D eigenvalue weighted by atomic mass is 9.90. The normalized spacial score (nSPS) is 10.3. The first-order chi connectivity index (χ1) is 16.5. The summed E-state index contributed by atoms with van der Waals surface area (Å²) in [6.07, 6.45) is 1.19. The number of rotatable bonds is 7. The zero-order valence-electron chi connectivity index (χ0n) is 18.7. The van der Waals surface area contributed by atoms with Crippen LogP contribution in [0, 0.1) is 0 Å². The van der Waals surface area contributed by atoms with E-state index >= 15 is 0 Å². The van der Waals surface area contributed by atoms with Crippen LogP contribution in [0.1, 0.15) is 47.2 Å². The number of nitrogens with one attached hydrogen (secondary N) is 4. The van der Waals surface area contributed by atoms with Gasteiger partial charge in [-0.1, -0.05) is 67.6 Å². The Hall–Kier alpha value is -4.04. The van der Waals surface area contributed by atoms with Gasteiger partial charge in [0.25, 0.3) is 5.91 Å². The number of thiocarbonyl (C=S) groups is 1. The first-order valence-corrected chi connectivity index (χ1v) is 11.3. The molecule has 0 aromatic heterocycles. The van der Waals surface area contributed by atoms with Crippen molar-refractivity contribution < 1.29 is 14.4 Å². The Bertz CT molecular complexity index is 1100. The van der Waals surface area contributed by atoms with Crippen molar-refractivity contribution in [2.24, 2.45) is 0 Å². The predicted octanol–water partition coefficient (Wildman–Crippen LogP) is 3.89. The number of hydrogen-bond donors (Lipinski definition) is 4. The molecule has 0 aliphatic heterocycles. The molecule has 3 amide bonds. The van der Waals surface area contributed by atoms with Gasteiger partial charge in [0, 0.05) is 17.7 Å². The van der Waals surface area contributed by atoms with Gasteiger partial charge >= 0.3 is 0 Å². The van der Waals surface area contributed by atoms with Gasteiger partial charge in [0.15, 0.2) is 5.11 Å². The Kier molecular flexibility index (Phi) is 8.88. The van der Waals surface area contributed by atoms with E-state index in [0.29, 0.717) is 17.7 Å². The number of anilines is 1. The largest absolute Gasteiger partial charge is 0.326 e. The summed E-state index contributed by atoms with van der Waals surface area (Å²) in [5, 5.41) is 5.38. The maximum Gasteiger partial charge on any atom is 0.269 e. The lowest BCUT2D eigenvalue weighted by Gasteiger charge is -2.19. The molecule has 3 rings (SSSR count). The summed E-state index contributed by atoms with van der Waals surface area (Å²) in [4.78, 5) is 37.1. The minimum atomic E-state index is -0.562. The van der Waals surface area contributed by atoms with Crippen molar-refractivity contribution >= 4 is 40.7 Å². The summed E-state index contributed by atoms with van der Waals surface area (Å²) in [6.45, 7) is 1.93. The molecular weight excluding hydrogens is 448 g/mol. The highest BCUT2D eigenvalue weighted by molar-refractivity contribution is 7.80. The quantitative estimate of drug-likeness (QED) is 0.308. The molecule has 0 bridgehead atoms. The Morgan fingerprint density at radius 2 is 1.35 bits per heavy atom. The number of amides is 3. The first-order valence-electron chi connectivity index (χ1n) is 10.9. The van der Waals surface area contributed by atoms with Crippen LogP contribution in [0.5, 0.6) is 0 Å². The average molecular weight is 475 g/mol. The zero-order valence-corrected chi connectivity index (χ0v) is 19.5. The van der Waals surface area contributed by atoms with E-state index in [9.17, 15) is 14.4 Å². The number of hydrazine groups is 1. The fourth-order valence-corrected chi connectivity index (χ4v) is 3.49. The van der Waals surface area contributed by atoms with E-state index in [1.807, 2.05) is 67.6 Å². The molecule has 0 heterocycles. The molecular formula is C26H26N4O3S. The van der Waals surface area contributed by atoms with Crippen LogP contribution in [-0.4, -0.2) is 22.8 Å². The summed E-state index contributed by atoms with van der Waals surface area (Å²) in [5.41, 5.74) is 7.65. The van der Waals surface area contributed by atoms with Gasteiger partial charge in [-0.25, -0.2) is 0 Å². The molecule has 8 heteroatoms. The molecule has 0 saturated heterocycles. The Morgan fingerprint density at radius 3 is 1.88 bits per heavy atom. The Morgan fingerprint density at radius 1 is 0.794 bits per heavy atom. The third kappa shape index (κ3) is 6.98. The van der Waals surface area contributed by atoms with Crippen LogP contribution < -0.4 is 21.5 Å². The number of carbonyl (C=O) groups is 3. The molecule has 0 aliphatic rings. The number of carbonyl (C=O) groups excluding carboxylic acids is 3. The zero-order chi connectivity index (χ0) is 24.3. The molecule has 0 fully saturated rings. The van der Waals surface area contributed by atoms with Crippen LogP contribution in [0.25, 0.3) is 0 Å². The smallest absolute Gasteiger partial charge is 0.269 e. The van der Waals surface area contributed by atoms with E-state index in [-0.39, 0.29) is 16.9 Å². The highest BCUT2D eigenvalue weighted by Crippen LogP contribution is 2.24. The van der Waals surface area contributed by atoms with Crippen molar-refractivity contribution in [1.29, 1.82) is 0 Å². The van der Waals surface area contributed by atoms with Gasteiger partial charge < -0.3 is 10.6 Å². The molecule has 3 aromatic carbocycles. The first kappa shape index (κ1) is 24.6. The van der Waals surface area contributed by atoms with Crippen LogP contribution in [0.4, 0.5) is 5.69 Å². The van der Waals surface area contributed by atoms with Crippen molar-refractivity contribution in [3.05, 3.63) is 102 Å². The fraction of sp³-hybridized carbons (Fsp3) is 0.154. The molecule has 0 radical (unpaired) electrons. The van der Waals surface area contributed by atoms with E-state index in [2.05, 4.69) is 21.5 Å². The van der Waals surface area contributed by atoms with E-state index in [0.717, 1.165) is 17.5 Å². The van der Waals surface area contributed by atoms with Crippen LogP contribution in [0.15, 0.2) is 84.9 Å². The standard InChI is InChI=1S/C26H26N4O3S/c1-2-9-22(31)27-21-16-14-20(15-17-21)24(32)29-30-26(34)28-25(33)23(18-10-5-3-6-11-18)19-12-7-4-8-13-19/h3-8,10-17,23H,2,9H2,1H3,(H,27,31)(H,29,32)(H2,28,30,33,34). The van der Waals surface area contributed by atoms with Crippen molar-refractivity contribution in [3.8, 4) is 0 Å². The fourth-order valence-electron chi connectivity index (χ4n) is 3.34. The van der Waals surface area contributed by atoms with E-state index in [1.165, 1.54) is 0 Å². The second kappa shape index (κ2) is 12.3. The van der Waals surface area contributed by atoms with Crippen molar-refractivity contribution in [3.63, 3.8) is 0 Å². The number of benzene rings is 3. The molecule has 0 atom stereocenters. The van der Waals surface area contributed by atoms with Gasteiger partial charge in [-0.15, -0.1) is 0 Å². The van der Waals surface area contributed by atoms with Crippen molar-refractivity contribution in [2.75, 3.05) is 5.32 Å². The van der Waals surface area contributed by atoms with Gasteiger partial charge in [-0.2, -0.15) is 0 Å². The van der Waals surface area contributed by atoms with Crippen molar-refractivity contribution in [2.45, 2.75) is 25.7 Å². The van der Waals surface area contributed by atoms with Gasteiger partial charge in [0.05, 0.1) is 5.92 Å². The van der Waals surface area contributed by atoms with E-state index in [4.69, 9.17) is 12.2 Å². The van der Waals surface area contributed by atoms with Crippen LogP contribution in [0.2, 0.25) is 0 Å². The maximum absolute atomic E-state index is 13.1. The molecule has 3 aromatic rings. The van der Waals surface area contributed by atoms with Gasteiger partial charge in [0.2, 0.25) is 11.8 Å². The second-order valence-electron chi connectivity index (χ2n) is 7.53. The van der Waals surface area contributed by atoms with Crippen LogP contribution >= 0.6 is 12.2 Å². The average Bonchev–Trinajstić information content (AvgIpc) is 2.84. The Balaban J connectivity index is 1.57. The van der Waals surface area contributed by atoms with E-state index in [1.54, 1.807) is 24.3 Å². The minimum Gasteiger partial charge on any atom is -0.326 e. The molecule has 4 N–H and O–H groups in total. The molecule has 0 spiro atoms. The summed E-state index contributed by atoms with van der Waals surface area (Å²) >= 11 is 5.21. The van der Waals surface area contributed by atoms with E-state index < -0.39 is 11.8 Å². The predicted molar refractivity (Wildman–Crippen MR) is 136 cm³/mol. The molecule has 7 nitrogen and oxygen atoms in total. The third-order valence-corrected chi connectivity index (χ3v) is 5.17. The lowest BCUT2D eigenvalue weighted by molar-refractivity contribution is -0.120. The molecule has 0 aliphatic carbocycles. The highest BCUT2D eigenvalue weighted by Gasteiger charge is 2.23. The SMILES string of the molecule is CCCC(=O)Nc1ccc(C(=O)NNC(=S)NC(=O)C(c2ccccc2)c2ccccc2)cc1. The monoisotopic (exact) mass is 474 g/mol. The molecule has 174 valence electrons. The summed E-state index contributed by atoms with van der Waals surface area (Å²) < 4.78 is 0. The summed E-state index contributed by atoms with van der Waals surface area (Å²) in [5.74, 6) is -1.40. The topological polar surface area (TPSA) is 99.3 Å². The third-order valence-electron chi connectivity index (χ3n) is 4.96. The van der Waals surface area contributed by atoms with Gasteiger partial charge in [0.1, 0.15) is 0 Å². The summed E-state index contributed by atoms with van der Waals surface area (Å²) in [7, 11) is 0. The molecule has 0 saturated carbocycles. The molecule has 34 heavy (non-hydrogen) atoms. The van der Waals surface area contributed by atoms with Crippen molar-refractivity contribution in [1.82, 2.24) is 16.2 Å². The lowest BCUT2D eigenvalue weighted by Crippen LogP contribution is -2.49. The van der Waals surface area contributed by atoms with Gasteiger partial charge in [-0.05, 0) is 54.0 Å². The molecule has 0 unspecified atom stereocenters. The highest BCUT2D eigenvalue weighted by atomic mass is 32.1. The van der Waals surface area contributed by atoms with Gasteiger partial charge in [-0.3, -0.25) is 25.2 Å². The summed E-state index contributed by atoms with van der Waals surface area (Å²) in [6, 6.07) is 25.2. The minimum absolute atomic E-state index is 0.0290. The maximum atomic E-state index is 13.1.